The minimum atomic E-state index is -0.962. The summed E-state index contributed by atoms with van der Waals surface area (Å²) in [7, 11) is 0. The van der Waals surface area contributed by atoms with E-state index >= 15 is 0 Å². The van der Waals surface area contributed by atoms with E-state index in [4.69, 9.17) is 16.7 Å². The van der Waals surface area contributed by atoms with Gasteiger partial charge in [0.25, 0.3) is 5.91 Å². The highest BCUT2D eigenvalue weighted by Crippen LogP contribution is 2.25. The highest BCUT2D eigenvalue weighted by molar-refractivity contribution is 7.13. The van der Waals surface area contributed by atoms with Gasteiger partial charge in [0.15, 0.2) is 0 Å². The van der Waals surface area contributed by atoms with Gasteiger partial charge in [-0.05, 0) is 24.1 Å². The molecule has 2 aromatic carbocycles. The van der Waals surface area contributed by atoms with E-state index in [1.807, 2.05) is 42.5 Å². The number of hydrogen-bond acceptors (Lipinski definition) is 4. The molecule has 0 saturated heterocycles. The fourth-order valence-corrected chi connectivity index (χ4v) is 3.58. The smallest absolute Gasteiger partial charge is 0.305 e. The van der Waals surface area contributed by atoms with Crippen LogP contribution in [0.5, 0.6) is 0 Å². The molecular formula is C20H17ClN2O3S. The van der Waals surface area contributed by atoms with Crippen molar-refractivity contribution >= 4 is 34.8 Å². The first-order valence-corrected chi connectivity index (χ1v) is 9.55. The van der Waals surface area contributed by atoms with E-state index in [0.717, 1.165) is 11.1 Å². The molecule has 1 heterocycles. The molecule has 0 aliphatic carbocycles. The van der Waals surface area contributed by atoms with Crippen LogP contribution in [0, 0.1) is 0 Å². The molecule has 0 spiro atoms. The Labute approximate surface area is 165 Å². The zero-order valence-electron chi connectivity index (χ0n) is 14.3. The fourth-order valence-electron chi connectivity index (χ4n) is 2.65. The van der Waals surface area contributed by atoms with Crippen molar-refractivity contribution in [3.63, 3.8) is 0 Å². The number of halogens is 1. The van der Waals surface area contributed by atoms with Crippen LogP contribution in [0.25, 0.3) is 10.6 Å². The summed E-state index contributed by atoms with van der Waals surface area (Å²) in [6, 6.07) is 16.2. The second kappa shape index (κ2) is 8.79. The second-order valence-corrected chi connectivity index (χ2v) is 7.30. The lowest BCUT2D eigenvalue weighted by atomic mass is 10.0. The van der Waals surface area contributed by atoms with Gasteiger partial charge in [-0.3, -0.25) is 9.59 Å². The van der Waals surface area contributed by atoms with Crippen molar-refractivity contribution in [2.75, 3.05) is 0 Å². The molecule has 0 saturated carbocycles. The lowest BCUT2D eigenvalue weighted by molar-refractivity contribution is -0.137. The lowest BCUT2D eigenvalue weighted by Gasteiger charge is -2.16. The molecule has 0 bridgehead atoms. The van der Waals surface area contributed by atoms with Gasteiger partial charge in [0, 0.05) is 22.0 Å². The molecule has 1 aromatic heterocycles. The van der Waals surface area contributed by atoms with Gasteiger partial charge < -0.3 is 10.4 Å². The van der Waals surface area contributed by atoms with Crippen LogP contribution < -0.4 is 5.32 Å². The summed E-state index contributed by atoms with van der Waals surface area (Å²) in [5.41, 5.74) is 2.10. The first kappa shape index (κ1) is 19.1. The molecule has 1 atom stereocenters. The summed E-state index contributed by atoms with van der Waals surface area (Å²) in [6.45, 7) is 0. The van der Waals surface area contributed by atoms with E-state index in [0.29, 0.717) is 16.5 Å². The summed E-state index contributed by atoms with van der Waals surface area (Å²) in [6.07, 6.45) is 0.280. The molecule has 7 heteroatoms. The molecule has 27 heavy (non-hydrogen) atoms. The van der Waals surface area contributed by atoms with Crippen molar-refractivity contribution in [3.05, 3.63) is 76.3 Å². The number of aliphatic carboxylic acids is 1. The van der Waals surface area contributed by atoms with Gasteiger partial charge in [-0.25, -0.2) is 4.98 Å². The van der Waals surface area contributed by atoms with Crippen LogP contribution in [-0.2, 0) is 11.2 Å². The minimum absolute atomic E-state index is 0.158. The van der Waals surface area contributed by atoms with E-state index in [9.17, 15) is 9.59 Å². The first-order chi connectivity index (χ1) is 13.0. The monoisotopic (exact) mass is 400 g/mol. The average Bonchev–Trinajstić information content (AvgIpc) is 3.13. The lowest BCUT2D eigenvalue weighted by Crippen LogP contribution is -2.38. The number of carbonyl (C=O) groups is 2. The van der Waals surface area contributed by atoms with Gasteiger partial charge >= 0.3 is 5.97 Å². The van der Waals surface area contributed by atoms with Crippen molar-refractivity contribution < 1.29 is 14.7 Å². The number of thiazole rings is 1. The van der Waals surface area contributed by atoms with Gasteiger partial charge in [0.05, 0.1) is 6.42 Å². The number of nitrogens with one attached hydrogen (secondary N) is 1. The molecule has 5 nitrogen and oxygen atoms in total. The van der Waals surface area contributed by atoms with Crippen LogP contribution >= 0.6 is 22.9 Å². The number of nitrogens with zero attached hydrogens (tertiary/aromatic N) is 1. The summed E-state index contributed by atoms with van der Waals surface area (Å²) in [4.78, 5) is 28.1. The molecule has 2 N–H and O–H groups in total. The zero-order valence-corrected chi connectivity index (χ0v) is 15.8. The zero-order chi connectivity index (χ0) is 19.2. The van der Waals surface area contributed by atoms with Gasteiger partial charge in [-0.2, -0.15) is 0 Å². The highest BCUT2D eigenvalue weighted by Gasteiger charge is 2.19. The Morgan fingerprint density at radius 2 is 1.81 bits per heavy atom. The van der Waals surface area contributed by atoms with Crippen LogP contribution in [-0.4, -0.2) is 28.0 Å². The van der Waals surface area contributed by atoms with Crippen LogP contribution in [0.1, 0.15) is 22.5 Å². The van der Waals surface area contributed by atoms with E-state index < -0.39 is 12.0 Å². The Hall–Kier alpha value is -2.70. The molecule has 0 radical (unpaired) electrons. The van der Waals surface area contributed by atoms with E-state index in [1.54, 1.807) is 17.5 Å². The summed E-state index contributed by atoms with van der Waals surface area (Å²) in [5.74, 6) is -1.34. The number of benzene rings is 2. The van der Waals surface area contributed by atoms with Gasteiger partial charge in [-0.15, -0.1) is 11.3 Å². The van der Waals surface area contributed by atoms with Crippen molar-refractivity contribution in [2.24, 2.45) is 0 Å². The van der Waals surface area contributed by atoms with Crippen LogP contribution in [0.2, 0.25) is 5.02 Å². The van der Waals surface area contributed by atoms with Gasteiger partial charge in [0.1, 0.15) is 10.7 Å². The maximum absolute atomic E-state index is 12.5. The second-order valence-electron chi connectivity index (χ2n) is 6.00. The number of aromatic nitrogens is 1. The highest BCUT2D eigenvalue weighted by atomic mass is 35.5. The van der Waals surface area contributed by atoms with Gasteiger partial charge in [0.2, 0.25) is 0 Å². The molecule has 3 rings (SSSR count). The van der Waals surface area contributed by atoms with Crippen LogP contribution in [0.3, 0.4) is 0 Å². The third-order valence-electron chi connectivity index (χ3n) is 3.91. The first-order valence-electron chi connectivity index (χ1n) is 8.29. The number of carbonyl (C=O) groups excluding carboxylic acids is 1. The standard InChI is InChI=1S/C20H17ClN2O3S/c21-15-8-6-14(7-9-15)20-23-17(12-27-20)19(26)22-16(11-18(24)25)10-13-4-2-1-3-5-13/h1-9,12,16H,10-11H2,(H,22,26)(H,24,25). The third-order valence-corrected chi connectivity index (χ3v) is 5.05. The Morgan fingerprint density at radius 3 is 2.48 bits per heavy atom. The quantitative estimate of drug-likeness (QED) is 0.620. The molecular weight excluding hydrogens is 384 g/mol. The largest absolute Gasteiger partial charge is 0.481 e. The molecule has 0 aliphatic rings. The number of carboxylic acid groups (broad SMARTS) is 1. The Kier molecular flexibility index (Phi) is 6.21. The fraction of sp³-hybridized carbons (Fsp3) is 0.150. The number of amides is 1. The van der Waals surface area contributed by atoms with Crippen molar-refractivity contribution in [2.45, 2.75) is 18.9 Å². The number of carboxylic acids is 1. The van der Waals surface area contributed by atoms with Crippen molar-refractivity contribution in [1.29, 1.82) is 0 Å². The summed E-state index contributed by atoms with van der Waals surface area (Å²) in [5, 5.41) is 14.9. The SMILES string of the molecule is O=C(O)CC(Cc1ccccc1)NC(=O)c1csc(-c2ccc(Cl)cc2)n1. The van der Waals surface area contributed by atoms with Crippen LogP contribution in [0.15, 0.2) is 60.0 Å². The van der Waals surface area contributed by atoms with Crippen molar-refractivity contribution in [1.82, 2.24) is 10.3 Å². The Morgan fingerprint density at radius 1 is 1.11 bits per heavy atom. The maximum Gasteiger partial charge on any atom is 0.305 e. The Bertz CT molecular complexity index is 926. The summed E-state index contributed by atoms with van der Waals surface area (Å²) >= 11 is 7.24. The molecule has 0 fully saturated rings. The van der Waals surface area contributed by atoms with E-state index in [-0.39, 0.29) is 18.0 Å². The molecule has 3 aromatic rings. The average molecular weight is 401 g/mol. The van der Waals surface area contributed by atoms with E-state index in [2.05, 4.69) is 10.3 Å². The predicted octanol–water partition coefficient (Wildman–Crippen LogP) is 4.28. The molecule has 138 valence electrons. The maximum atomic E-state index is 12.5. The minimum Gasteiger partial charge on any atom is -0.481 e. The normalized spacial score (nSPS) is 11.7. The topological polar surface area (TPSA) is 79.3 Å². The van der Waals surface area contributed by atoms with E-state index in [1.165, 1.54) is 11.3 Å². The summed E-state index contributed by atoms with van der Waals surface area (Å²) < 4.78 is 0. The molecule has 1 unspecified atom stereocenters. The predicted molar refractivity (Wildman–Crippen MR) is 106 cm³/mol. The van der Waals surface area contributed by atoms with Crippen molar-refractivity contribution in [3.8, 4) is 10.6 Å². The van der Waals surface area contributed by atoms with Crippen LogP contribution in [0.4, 0.5) is 0 Å². The third kappa shape index (κ3) is 5.39. The van der Waals surface area contributed by atoms with Gasteiger partial charge in [-0.1, -0.05) is 54.1 Å². The molecule has 1 amide bonds. The number of hydrogen-bond donors (Lipinski definition) is 2. The number of rotatable bonds is 7. The Balaban J connectivity index is 1.71. The molecule has 0 aliphatic heterocycles.